The molecule has 0 atom stereocenters. The first-order chi connectivity index (χ1) is 8.20. The fourth-order valence-electron chi connectivity index (χ4n) is 1.77. The van der Waals surface area contributed by atoms with E-state index in [2.05, 4.69) is 0 Å². The van der Waals surface area contributed by atoms with Gasteiger partial charge < -0.3 is 9.67 Å². The van der Waals surface area contributed by atoms with Crippen LogP contribution in [0.5, 0.6) is 0 Å². The minimum absolute atomic E-state index is 0.0405. The molecule has 0 aliphatic rings. The van der Waals surface area contributed by atoms with Gasteiger partial charge in [-0.1, -0.05) is 30.3 Å². The molecule has 1 N–H and O–H groups in total. The second kappa shape index (κ2) is 4.97. The molecule has 17 heavy (non-hydrogen) atoms. The van der Waals surface area contributed by atoms with Crippen LogP contribution in [0.4, 0.5) is 0 Å². The first-order valence-electron chi connectivity index (χ1n) is 5.54. The Morgan fingerprint density at radius 3 is 2.41 bits per heavy atom. The summed E-state index contributed by atoms with van der Waals surface area (Å²) in [6.45, 7) is 0.0490. The first kappa shape index (κ1) is 11.6. The number of aliphatic hydroxyl groups excluding tert-OH is 1. The molecule has 0 aliphatic carbocycles. The van der Waals surface area contributed by atoms with Crippen molar-refractivity contribution in [2.24, 2.45) is 7.05 Å². The maximum absolute atomic E-state index is 11.8. The van der Waals surface area contributed by atoms with Crippen LogP contribution in [0.3, 0.4) is 0 Å². The Labute approximate surface area is 100.0 Å². The topological polar surface area (TPSA) is 42.2 Å². The summed E-state index contributed by atoms with van der Waals surface area (Å²) in [5.74, 6) is 0. The lowest BCUT2D eigenvalue weighted by molar-refractivity contribution is 0.282. The maximum atomic E-state index is 11.8. The SMILES string of the molecule is Cn1cccc(Cc2ccc(CO)cc2)c1=O. The molecule has 0 saturated heterocycles. The summed E-state index contributed by atoms with van der Waals surface area (Å²) in [5.41, 5.74) is 2.78. The third-order valence-electron chi connectivity index (χ3n) is 2.80. The molecule has 3 heteroatoms. The summed E-state index contributed by atoms with van der Waals surface area (Å²) in [6.07, 6.45) is 2.37. The second-order valence-corrected chi connectivity index (χ2v) is 4.10. The van der Waals surface area contributed by atoms with E-state index in [4.69, 9.17) is 5.11 Å². The van der Waals surface area contributed by atoms with Crippen molar-refractivity contribution in [1.29, 1.82) is 0 Å². The Balaban J connectivity index is 2.25. The summed E-state index contributed by atoms with van der Waals surface area (Å²) in [4.78, 5) is 11.8. The molecule has 0 unspecified atom stereocenters. The molecule has 2 aromatic rings. The van der Waals surface area contributed by atoms with Gasteiger partial charge in [-0.15, -0.1) is 0 Å². The minimum atomic E-state index is 0.0405. The zero-order valence-corrected chi connectivity index (χ0v) is 9.76. The fourth-order valence-corrected chi connectivity index (χ4v) is 1.77. The average Bonchev–Trinajstić information content (AvgIpc) is 2.36. The molecule has 1 aromatic heterocycles. The number of hydrogen-bond acceptors (Lipinski definition) is 2. The van der Waals surface area contributed by atoms with Gasteiger partial charge in [0.2, 0.25) is 0 Å². The predicted octanol–water partition coefficient (Wildman–Crippen LogP) is 1.47. The molecule has 88 valence electrons. The van der Waals surface area contributed by atoms with Crippen LogP contribution in [0.1, 0.15) is 16.7 Å². The zero-order chi connectivity index (χ0) is 12.3. The van der Waals surface area contributed by atoms with Crippen molar-refractivity contribution >= 4 is 0 Å². The van der Waals surface area contributed by atoms with E-state index in [1.165, 1.54) is 0 Å². The van der Waals surface area contributed by atoms with Crippen LogP contribution in [0.25, 0.3) is 0 Å². The fraction of sp³-hybridized carbons (Fsp3) is 0.214. The molecule has 0 radical (unpaired) electrons. The van der Waals surface area contributed by atoms with Gasteiger partial charge >= 0.3 is 0 Å². The lowest BCUT2D eigenvalue weighted by Gasteiger charge is -2.04. The molecule has 0 amide bonds. The van der Waals surface area contributed by atoms with E-state index in [0.29, 0.717) is 6.42 Å². The zero-order valence-electron chi connectivity index (χ0n) is 9.76. The molecular formula is C14H15NO2. The molecule has 0 spiro atoms. The summed E-state index contributed by atoms with van der Waals surface area (Å²) in [7, 11) is 1.75. The van der Waals surface area contributed by atoms with Gasteiger partial charge in [0, 0.05) is 25.2 Å². The Morgan fingerprint density at radius 2 is 1.76 bits per heavy atom. The summed E-state index contributed by atoms with van der Waals surface area (Å²) in [6, 6.07) is 11.4. The van der Waals surface area contributed by atoms with Crippen molar-refractivity contribution in [2.75, 3.05) is 0 Å². The van der Waals surface area contributed by atoms with E-state index in [1.54, 1.807) is 17.8 Å². The minimum Gasteiger partial charge on any atom is -0.392 e. The van der Waals surface area contributed by atoms with Crippen LogP contribution in [0.2, 0.25) is 0 Å². The third-order valence-corrected chi connectivity index (χ3v) is 2.80. The van der Waals surface area contributed by atoms with Crippen molar-refractivity contribution in [2.45, 2.75) is 13.0 Å². The number of rotatable bonds is 3. The smallest absolute Gasteiger partial charge is 0.253 e. The number of benzene rings is 1. The van der Waals surface area contributed by atoms with Crippen LogP contribution < -0.4 is 5.56 Å². The van der Waals surface area contributed by atoms with Crippen LogP contribution in [-0.4, -0.2) is 9.67 Å². The van der Waals surface area contributed by atoms with Gasteiger partial charge in [0.1, 0.15) is 0 Å². The lowest BCUT2D eigenvalue weighted by Crippen LogP contribution is -2.19. The monoisotopic (exact) mass is 229 g/mol. The molecule has 0 saturated carbocycles. The number of aryl methyl sites for hydroxylation is 1. The van der Waals surface area contributed by atoms with E-state index in [1.807, 2.05) is 36.4 Å². The van der Waals surface area contributed by atoms with E-state index in [-0.39, 0.29) is 12.2 Å². The molecule has 0 aliphatic heterocycles. The highest BCUT2D eigenvalue weighted by Crippen LogP contribution is 2.08. The molecule has 3 nitrogen and oxygen atoms in total. The Hall–Kier alpha value is -1.87. The average molecular weight is 229 g/mol. The van der Waals surface area contributed by atoms with Crippen molar-refractivity contribution in [3.8, 4) is 0 Å². The van der Waals surface area contributed by atoms with E-state index in [9.17, 15) is 4.79 Å². The lowest BCUT2D eigenvalue weighted by atomic mass is 10.0. The van der Waals surface area contributed by atoms with E-state index >= 15 is 0 Å². The predicted molar refractivity (Wildman–Crippen MR) is 66.9 cm³/mol. The van der Waals surface area contributed by atoms with Crippen molar-refractivity contribution in [1.82, 2.24) is 4.57 Å². The van der Waals surface area contributed by atoms with Crippen molar-refractivity contribution < 1.29 is 5.11 Å². The first-order valence-corrected chi connectivity index (χ1v) is 5.54. The molecule has 2 rings (SSSR count). The standard InChI is InChI=1S/C14H15NO2/c1-15-8-2-3-13(14(15)17)9-11-4-6-12(10-16)7-5-11/h2-8,16H,9-10H2,1H3. The Morgan fingerprint density at radius 1 is 1.12 bits per heavy atom. The maximum Gasteiger partial charge on any atom is 0.253 e. The van der Waals surface area contributed by atoms with Crippen LogP contribution in [-0.2, 0) is 20.1 Å². The normalized spacial score (nSPS) is 10.5. The Bertz CT molecular complexity index is 555. The van der Waals surface area contributed by atoms with Gasteiger partial charge in [0.15, 0.2) is 0 Å². The summed E-state index contributed by atoms with van der Waals surface area (Å²) < 4.78 is 1.58. The number of aliphatic hydroxyl groups is 1. The molecule has 1 heterocycles. The largest absolute Gasteiger partial charge is 0.392 e. The van der Waals surface area contributed by atoms with Gasteiger partial charge in [0.05, 0.1) is 6.61 Å². The van der Waals surface area contributed by atoms with Gasteiger partial charge in [-0.25, -0.2) is 0 Å². The van der Waals surface area contributed by atoms with Crippen LogP contribution in [0, 0.1) is 0 Å². The number of nitrogens with zero attached hydrogens (tertiary/aromatic N) is 1. The summed E-state index contributed by atoms with van der Waals surface area (Å²) >= 11 is 0. The number of hydrogen-bond donors (Lipinski definition) is 1. The van der Waals surface area contributed by atoms with E-state index in [0.717, 1.165) is 16.7 Å². The highest BCUT2D eigenvalue weighted by molar-refractivity contribution is 5.27. The Kier molecular flexibility index (Phi) is 3.40. The highest BCUT2D eigenvalue weighted by Gasteiger charge is 2.02. The van der Waals surface area contributed by atoms with Crippen molar-refractivity contribution in [3.63, 3.8) is 0 Å². The summed E-state index contributed by atoms with van der Waals surface area (Å²) in [5, 5.41) is 8.95. The van der Waals surface area contributed by atoms with Crippen LogP contribution in [0.15, 0.2) is 47.4 Å². The van der Waals surface area contributed by atoms with Gasteiger partial charge in [-0.2, -0.15) is 0 Å². The van der Waals surface area contributed by atoms with Gasteiger partial charge in [-0.3, -0.25) is 4.79 Å². The number of aromatic nitrogens is 1. The highest BCUT2D eigenvalue weighted by atomic mass is 16.3. The number of pyridine rings is 1. The van der Waals surface area contributed by atoms with Gasteiger partial charge in [-0.05, 0) is 17.2 Å². The molecule has 0 fully saturated rings. The van der Waals surface area contributed by atoms with Gasteiger partial charge in [0.25, 0.3) is 5.56 Å². The van der Waals surface area contributed by atoms with Crippen LogP contribution >= 0.6 is 0 Å². The molecule has 1 aromatic carbocycles. The quantitative estimate of drug-likeness (QED) is 0.866. The second-order valence-electron chi connectivity index (χ2n) is 4.10. The van der Waals surface area contributed by atoms with Crippen molar-refractivity contribution in [3.05, 3.63) is 69.6 Å². The molecule has 0 bridgehead atoms. The third kappa shape index (κ3) is 2.63. The molecular weight excluding hydrogens is 214 g/mol. The van der Waals surface area contributed by atoms with E-state index < -0.39 is 0 Å².